The molecule has 2 aromatic rings. The Morgan fingerprint density at radius 1 is 1.05 bits per heavy atom. The second kappa shape index (κ2) is 11.8. The van der Waals surface area contributed by atoms with Crippen molar-refractivity contribution >= 4 is 34.9 Å². The molecule has 0 unspecified atom stereocenters. The molecule has 1 aromatic carbocycles. The number of hydrogen-bond donors (Lipinski definition) is 3. The van der Waals surface area contributed by atoms with Gasteiger partial charge in [0.25, 0.3) is 11.8 Å². The Kier molecular flexibility index (Phi) is 8.52. The van der Waals surface area contributed by atoms with Crippen LogP contribution in [0.2, 0.25) is 0 Å². The van der Waals surface area contributed by atoms with Gasteiger partial charge in [-0.1, -0.05) is 44.2 Å². The van der Waals surface area contributed by atoms with Gasteiger partial charge in [-0.2, -0.15) is 4.37 Å². The number of nitrogen functional groups attached to an aromatic ring is 1. The fourth-order valence-electron chi connectivity index (χ4n) is 5.49. The van der Waals surface area contributed by atoms with E-state index in [0.717, 1.165) is 69.3 Å². The fraction of sp³-hybridized carbons (Fsp3) is 0.538. The first-order chi connectivity index (χ1) is 17.9. The molecule has 11 heteroatoms. The number of nitrogens with zero attached hydrogens (tertiary/aromatic N) is 2. The van der Waals surface area contributed by atoms with Crippen molar-refractivity contribution in [3.8, 4) is 11.5 Å². The van der Waals surface area contributed by atoms with Gasteiger partial charge in [-0.25, -0.2) is 0 Å². The number of methoxy groups -OCH3 is 2. The van der Waals surface area contributed by atoms with E-state index < -0.39 is 17.9 Å². The molecule has 4 rings (SSSR count). The normalized spacial score (nSPS) is 17.2. The van der Waals surface area contributed by atoms with Crippen molar-refractivity contribution in [2.75, 3.05) is 20.0 Å². The molecular formula is C26H35N5O5S. The second-order valence-corrected chi connectivity index (χ2v) is 10.4. The molecule has 1 aromatic heterocycles. The van der Waals surface area contributed by atoms with Crippen LogP contribution in [0.5, 0.6) is 11.5 Å². The highest BCUT2D eigenvalue weighted by molar-refractivity contribution is 7.09. The molecule has 0 radical (unpaired) electrons. The van der Waals surface area contributed by atoms with Gasteiger partial charge in [-0.15, -0.1) is 0 Å². The quantitative estimate of drug-likeness (QED) is 0.450. The Labute approximate surface area is 220 Å². The molecule has 10 nitrogen and oxygen atoms in total. The highest BCUT2D eigenvalue weighted by Gasteiger charge is 2.42. The van der Waals surface area contributed by atoms with Gasteiger partial charge in [0.15, 0.2) is 17.2 Å². The van der Waals surface area contributed by atoms with E-state index in [2.05, 4.69) is 9.69 Å². The monoisotopic (exact) mass is 529 g/mol. The lowest BCUT2D eigenvalue weighted by Crippen LogP contribution is -2.50. The zero-order chi connectivity index (χ0) is 26.5. The van der Waals surface area contributed by atoms with Crippen LogP contribution in [0.3, 0.4) is 0 Å². The van der Waals surface area contributed by atoms with Gasteiger partial charge < -0.3 is 31.2 Å². The molecule has 2 aliphatic rings. The smallest absolute Gasteiger partial charge is 0.270 e. The summed E-state index contributed by atoms with van der Waals surface area (Å²) in [5.74, 6) is -0.691. The van der Waals surface area contributed by atoms with E-state index in [1.165, 1.54) is 14.2 Å². The summed E-state index contributed by atoms with van der Waals surface area (Å²) in [7, 11) is 3.04. The number of hydrogen-bond acceptors (Lipinski definition) is 8. The van der Waals surface area contributed by atoms with Crippen LogP contribution in [-0.4, -0.2) is 53.3 Å². The molecular weight excluding hydrogens is 494 g/mol. The summed E-state index contributed by atoms with van der Waals surface area (Å²) >= 11 is 0.823. The molecule has 0 aliphatic heterocycles. The zero-order valence-corrected chi connectivity index (χ0v) is 22.1. The fourth-order valence-corrected chi connectivity index (χ4v) is 6.24. The number of para-hydroxylation sites is 1. The lowest BCUT2D eigenvalue weighted by molar-refractivity contribution is -0.127. The molecule has 0 bridgehead atoms. The average molecular weight is 530 g/mol. The highest BCUT2D eigenvalue weighted by Crippen LogP contribution is 2.41. The van der Waals surface area contributed by atoms with Crippen LogP contribution >= 0.6 is 11.5 Å². The molecule has 0 saturated heterocycles. The van der Waals surface area contributed by atoms with Gasteiger partial charge in [-0.05, 0) is 43.3 Å². The Hall–Kier alpha value is -3.34. The van der Waals surface area contributed by atoms with Gasteiger partial charge in [0.1, 0.15) is 10.9 Å². The zero-order valence-electron chi connectivity index (χ0n) is 21.3. The van der Waals surface area contributed by atoms with Gasteiger partial charge in [-0.3, -0.25) is 14.4 Å². The summed E-state index contributed by atoms with van der Waals surface area (Å²) < 4.78 is 15.3. The van der Waals surface area contributed by atoms with Crippen molar-refractivity contribution < 1.29 is 23.9 Å². The van der Waals surface area contributed by atoms with E-state index in [1.807, 2.05) is 0 Å². The third-order valence-corrected chi connectivity index (χ3v) is 8.17. The van der Waals surface area contributed by atoms with Crippen molar-refractivity contribution in [1.82, 2.24) is 14.6 Å². The first-order valence-electron chi connectivity index (χ1n) is 12.8. The minimum Gasteiger partial charge on any atom is -0.493 e. The van der Waals surface area contributed by atoms with Crippen LogP contribution in [0.15, 0.2) is 18.2 Å². The van der Waals surface area contributed by atoms with Gasteiger partial charge in [0.05, 0.1) is 19.9 Å². The SMILES string of the molecule is COc1cccc([C@H](C(=O)NC2CCCCC2)N(C(=O)c2snc(C(N)=O)c2N)C2CCCC2)c1OC. The number of nitrogens with one attached hydrogen (secondary N) is 1. The van der Waals surface area contributed by atoms with Crippen LogP contribution in [0, 0.1) is 0 Å². The number of carbonyl (C=O) groups is 3. The molecule has 1 heterocycles. The maximum absolute atomic E-state index is 14.2. The number of benzene rings is 1. The number of aromatic nitrogens is 1. The maximum atomic E-state index is 14.2. The summed E-state index contributed by atoms with van der Waals surface area (Å²) in [5, 5.41) is 3.21. The van der Waals surface area contributed by atoms with Crippen molar-refractivity contribution in [2.24, 2.45) is 5.73 Å². The summed E-state index contributed by atoms with van der Waals surface area (Å²) in [6.07, 6.45) is 8.41. The number of rotatable bonds is 9. The van der Waals surface area contributed by atoms with E-state index >= 15 is 0 Å². The predicted molar refractivity (Wildman–Crippen MR) is 141 cm³/mol. The standard InChI is InChI=1S/C26H35N5O5S/c1-35-18-14-8-13-17(22(18)36-2)21(25(33)29-15-9-4-3-5-10-15)31(16-11-6-7-12-16)26(34)23-19(27)20(24(28)32)30-37-23/h8,13-16,21H,3-7,9-12,27H2,1-2H3,(H2,28,32)(H,29,33)/t21-/m1/s1. The molecule has 2 saturated carbocycles. The number of ether oxygens (including phenoxy) is 2. The topological polar surface area (TPSA) is 150 Å². The number of primary amides is 1. The molecule has 5 N–H and O–H groups in total. The van der Waals surface area contributed by atoms with Crippen molar-refractivity contribution in [2.45, 2.75) is 75.9 Å². The van der Waals surface area contributed by atoms with Gasteiger partial charge in [0.2, 0.25) is 5.91 Å². The summed E-state index contributed by atoms with van der Waals surface area (Å²) in [6.45, 7) is 0. The first kappa shape index (κ1) is 26.7. The molecule has 0 spiro atoms. The van der Waals surface area contributed by atoms with E-state index in [9.17, 15) is 14.4 Å². The lowest BCUT2D eigenvalue weighted by atomic mass is 9.94. The van der Waals surface area contributed by atoms with Crippen LogP contribution < -0.4 is 26.3 Å². The maximum Gasteiger partial charge on any atom is 0.270 e. The molecule has 1 atom stereocenters. The molecule has 200 valence electrons. The predicted octanol–water partition coefficient (Wildman–Crippen LogP) is 3.42. The van der Waals surface area contributed by atoms with E-state index in [1.54, 1.807) is 23.1 Å². The van der Waals surface area contributed by atoms with Gasteiger partial charge >= 0.3 is 0 Å². The average Bonchev–Trinajstić information content (AvgIpc) is 3.56. The Balaban J connectivity index is 1.83. The summed E-state index contributed by atoms with van der Waals surface area (Å²) in [6, 6.07) is 4.15. The summed E-state index contributed by atoms with van der Waals surface area (Å²) in [5.41, 5.74) is 11.9. The number of anilines is 1. The van der Waals surface area contributed by atoms with Crippen LogP contribution in [0.4, 0.5) is 5.69 Å². The minimum atomic E-state index is -0.999. The summed E-state index contributed by atoms with van der Waals surface area (Å²) in [4.78, 5) is 41.8. The Morgan fingerprint density at radius 3 is 2.32 bits per heavy atom. The number of amides is 3. The van der Waals surface area contributed by atoms with Crippen LogP contribution in [0.25, 0.3) is 0 Å². The minimum absolute atomic E-state index is 0.0378. The third kappa shape index (κ3) is 5.51. The van der Waals surface area contributed by atoms with E-state index in [-0.39, 0.29) is 34.2 Å². The largest absolute Gasteiger partial charge is 0.493 e. The van der Waals surface area contributed by atoms with Crippen LogP contribution in [-0.2, 0) is 4.79 Å². The van der Waals surface area contributed by atoms with Crippen molar-refractivity contribution in [1.29, 1.82) is 0 Å². The second-order valence-electron chi connectivity index (χ2n) is 9.62. The lowest BCUT2D eigenvalue weighted by Gasteiger charge is -2.37. The molecule has 3 amide bonds. The van der Waals surface area contributed by atoms with Crippen molar-refractivity contribution in [3.63, 3.8) is 0 Å². The third-order valence-electron chi connectivity index (χ3n) is 7.31. The Bertz CT molecular complexity index is 1140. The highest BCUT2D eigenvalue weighted by atomic mass is 32.1. The number of carbonyl (C=O) groups excluding carboxylic acids is 3. The Morgan fingerprint density at radius 2 is 1.73 bits per heavy atom. The molecule has 37 heavy (non-hydrogen) atoms. The first-order valence-corrected chi connectivity index (χ1v) is 13.5. The van der Waals surface area contributed by atoms with Gasteiger partial charge in [0, 0.05) is 17.6 Å². The van der Waals surface area contributed by atoms with E-state index in [0.29, 0.717) is 17.1 Å². The van der Waals surface area contributed by atoms with Crippen molar-refractivity contribution in [3.05, 3.63) is 34.3 Å². The molecule has 2 aliphatic carbocycles. The number of nitrogens with two attached hydrogens (primary N) is 2. The molecule has 2 fully saturated rings. The van der Waals surface area contributed by atoms with E-state index in [4.69, 9.17) is 20.9 Å². The van der Waals surface area contributed by atoms with Crippen LogP contribution in [0.1, 0.15) is 89.6 Å².